The van der Waals surface area contributed by atoms with Gasteiger partial charge in [0, 0.05) is 35.1 Å². The smallest absolute Gasteiger partial charge is 0.0572 e. The lowest BCUT2D eigenvalue weighted by Gasteiger charge is -2.16. The summed E-state index contributed by atoms with van der Waals surface area (Å²) in [7, 11) is 0. The fourth-order valence-electron chi connectivity index (χ4n) is 4.88. The van der Waals surface area contributed by atoms with E-state index in [0.29, 0.717) is 6.54 Å². The Hall–Kier alpha value is -3.95. The third-order valence-electron chi connectivity index (χ3n) is 6.38. The molecule has 32 heavy (non-hydrogen) atoms. The molecule has 1 aliphatic carbocycles. The van der Waals surface area contributed by atoms with Gasteiger partial charge < -0.3 is 10.3 Å². The topological polar surface area (TPSA) is 43.8 Å². The number of pyridine rings is 1. The van der Waals surface area contributed by atoms with Crippen molar-refractivity contribution in [3.05, 3.63) is 115 Å². The molecule has 0 bridgehead atoms. The number of hydrogen-bond acceptors (Lipinski definition) is 2. The van der Waals surface area contributed by atoms with Crippen LogP contribution in [-0.4, -0.2) is 16.1 Å². The number of aromatic nitrogens is 2. The van der Waals surface area contributed by atoms with Crippen LogP contribution in [0.1, 0.15) is 12.0 Å². The van der Waals surface area contributed by atoms with Gasteiger partial charge in [0.25, 0.3) is 0 Å². The maximum absolute atomic E-state index is 5.98. The molecular weight excluding hydrogens is 390 g/mol. The zero-order chi connectivity index (χ0) is 21.5. The Bertz CT molecular complexity index is 1530. The average Bonchev–Trinajstić information content (AvgIpc) is 3.00. The number of nitrogens with two attached hydrogens (primary N) is 1. The van der Waals surface area contributed by atoms with Crippen molar-refractivity contribution in [2.75, 3.05) is 6.54 Å². The van der Waals surface area contributed by atoms with E-state index in [2.05, 4.69) is 101 Å². The summed E-state index contributed by atoms with van der Waals surface area (Å²) >= 11 is 0. The Morgan fingerprint density at radius 2 is 1.50 bits per heavy atom. The highest BCUT2D eigenvalue weighted by molar-refractivity contribution is 6.10. The maximum Gasteiger partial charge on any atom is 0.0572 e. The number of allylic oxidation sites excluding steroid dienone is 5. The van der Waals surface area contributed by atoms with E-state index in [-0.39, 0.29) is 0 Å². The van der Waals surface area contributed by atoms with Crippen molar-refractivity contribution in [3.63, 3.8) is 0 Å². The summed E-state index contributed by atoms with van der Waals surface area (Å²) in [5.74, 6) is 0. The van der Waals surface area contributed by atoms with Crippen molar-refractivity contribution in [1.29, 1.82) is 0 Å². The highest BCUT2D eigenvalue weighted by atomic mass is 15.0. The van der Waals surface area contributed by atoms with Crippen LogP contribution in [0, 0.1) is 0 Å². The maximum atomic E-state index is 5.98. The second-order valence-electron chi connectivity index (χ2n) is 8.21. The third kappa shape index (κ3) is 2.90. The second kappa shape index (κ2) is 7.63. The molecule has 0 radical (unpaired) electrons. The number of para-hydroxylation sites is 1. The van der Waals surface area contributed by atoms with Crippen molar-refractivity contribution in [2.24, 2.45) is 5.73 Å². The standard InChI is InChI=1S/C29H23N3/c30-18-20-7-1-2-8-21(17-20)22-13-14-28(24-10-4-3-9-23(22)24)32-27-12-6-5-11-25(27)26-19-31-16-15-29(26)32/h1-16,19H,17-18,30H2. The molecule has 2 aromatic heterocycles. The van der Waals surface area contributed by atoms with E-state index in [4.69, 9.17) is 5.73 Å². The zero-order valence-electron chi connectivity index (χ0n) is 17.7. The molecule has 0 fully saturated rings. The van der Waals surface area contributed by atoms with Crippen molar-refractivity contribution in [2.45, 2.75) is 6.42 Å². The molecular formula is C29H23N3. The molecule has 3 heteroatoms. The van der Waals surface area contributed by atoms with Crippen molar-refractivity contribution < 1.29 is 0 Å². The van der Waals surface area contributed by atoms with E-state index in [9.17, 15) is 0 Å². The van der Waals surface area contributed by atoms with Gasteiger partial charge in [-0.3, -0.25) is 4.98 Å². The van der Waals surface area contributed by atoms with Crippen LogP contribution in [0.4, 0.5) is 0 Å². The molecule has 2 N–H and O–H groups in total. The van der Waals surface area contributed by atoms with E-state index in [1.807, 2.05) is 12.4 Å². The molecule has 154 valence electrons. The molecule has 2 heterocycles. The highest BCUT2D eigenvalue weighted by Crippen LogP contribution is 2.37. The quantitative estimate of drug-likeness (QED) is 0.364. The summed E-state index contributed by atoms with van der Waals surface area (Å²) in [5, 5.41) is 4.88. The lowest BCUT2D eigenvalue weighted by Crippen LogP contribution is -2.04. The van der Waals surface area contributed by atoms with Crippen LogP contribution >= 0.6 is 0 Å². The minimum absolute atomic E-state index is 0.576. The molecule has 0 spiro atoms. The summed E-state index contributed by atoms with van der Waals surface area (Å²) < 4.78 is 2.37. The van der Waals surface area contributed by atoms with E-state index in [0.717, 1.165) is 6.42 Å². The van der Waals surface area contributed by atoms with Gasteiger partial charge in [-0.05, 0) is 41.1 Å². The van der Waals surface area contributed by atoms with Crippen molar-refractivity contribution in [1.82, 2.24) is 9.55 Å². The van der Waals surface area contributed by atoms with Gasteiger partial charge in [0.05, 0.1) is 16.7 Å². The number of fused-ring (bicyclic) bond motifs is 4. The zero-order valence-corrected chi connectivity index (χ0v) is 17.7. The predicted molar refractivity (Wildman–Crippen MR) is 135 cm³/mol. The van der Waals surface area contributed by atoms with Gasteiger partial charge >= 0.3 is 0 Å². The van der Waals surface area contributed by atoms with E-state index >= 15 is 0 Å². The normalized spacial score (nSPS) is 14.0. The lowest BCUT2D eigenvalue weighted by molar-refractivity contribution is 1.08. The molecule has 3 nitrogen and oxygen atoms in total. The Morgan fingerprint density at radius 1 is 0.750 bits per heavy atom. The molecule has 3 aromatic carbocycles. The average molecular weight is 414 g/mol. The molecule has 0 atom stereocenters. The predicted octanol–water partition coefficient (Wildman–Crippen LogP) is 6.56. The highest BCUT2D eigenvalue weighted by Gasteiger charge is 2.16. The van der Waals surface area contributed by atoms with Crippen LogP contribution in [0.3, 0.4) is 0 Å². The second-order valence-corrected chi connectivity index (χ2v) is 8.21. The van der Waals surface area contributed by atoms with Gasteiger partial charge in [-0.2, -0.15) is 0 Å². The molecule has 6 rings (SSSR count). The summed E-state index contributed by atoms with van der Waals surface area (Å²) in [6.45, 7) is 0.576. The minimum atomic E-state index is 0.576. The first kappa shape index (κ1) is 18.8. The fourth-order valence-corrected chi connectivity index (χ4v) is 4.88. The van der Waals surface area contributed by atoms with Crippen LogP contribution in [0.2, 0.25) is 0 Å². The van der Waals surface area contributed by atoms with Gasteiger partial charge in [0.15, 0.2) is 0 Å². The van der Waals surface area contributed by atoms with E-state index in [1.165, 1.54) is 55.0 Å². The Kier molecular flexibility index (Phi) is 4.48. The Balaban J connectivity index is 1.64. The molecule has 0 amide bonds. The number of nitrogens with zero attached hydrogens (tertiary/aromatic N) is 2. The number of rotatable bonds is 3. The molecule has 1 aliphatic rings. The van der Waals surface area contributed by atoms with Gasteiger partial charge in [0.1, 0.15) is 0 Å². The van der Waals surface area contributed by atoms with Crippen LogP contribution < -0.4 is 5.73 Å². The molecule has 0 saturated carbocycles. The first-order valence-corrected chi connectivity index (χ1v) is 11.0. The van der Waals surface area contributed by atoms with Gasteiger partial charge in [-0.15, -0.1) is 0 Å². The van der Waals surface area contributed by atoms with Crippen LogP contribution in [0.25, 0.3) is 43.8 Å². The Labute approximate surface area is 186 Å². The van der Waals surface area contributed by atoms with Crippen LogP contribution in [0.15, 0.2) is 109 Å². The SMILES string of the molecule is NCC1=CC=CC=C(c2ccc(-n3c4ccccc4c4cnccc43)c3ccccc23)C1. The number of benzene rings is 3. The largest absolute Gasteiger partial charge is 0.327 e. The lowest BCUT2D eigenvalue weighted by atomic mass is 9.93. The van der Waals surface area contributed by atoms with Crippen LogP contribution in [0.5, 0.6) is 0 Å². The number of hydrogen-bond donors (Lipinski definition) is 1. The molecule has 0 saturated heterocycles. The summed E-state index contributed by atoms with van der Waals surface area (Å²) in [6.07, 6.45) is 13.2. The van der Waals surface area contributed by atoms with Crippen molar-refractivity contribution in [3.8, 4) is 5.69 Å². The molecule has 0 aliphatic heterocycles. The fraction of sp³-hybridized carbons (Fsp3) is 0.0690. The first-order chi connectivity index (χ1) is 15.8. The monoisotopic (exact) mass is 413 g/mol. The van der Waals surface area contributed by atoms with E-state index < -0.39 is 0 Å². The van der Waals surface area contributed by atoms with Crippen LogP contribution in [-0.2, 0) is 0 Å². The summed E-state index contributed by atoms with van der Waals surface area (Å²) in [4.78, 5) is 4.39. The third-order valence-corrected chi connectivity index (χ3v) is 6.38. The summed E-state index contributed by atoms with van der Waals surface area (Å²) in [6, 6.07) is 23.9. The van der Waals surface area contributed by atoms with Crippen molar-refractivity contribution >= 4 is 38.2 Å². The van der Waals surface area contributed by atoms with E-state index in [1.54, 1.807) is 0 Å². The minimum Gasteiger partial charge on any atom is -0.327 e. The van der Waals surface area contributed by atoms with Gasteiger partial charge in [-0.25, -0.2) is 0 Å². The summed E-state index contributed by atoms with van der Waals surface area (Å²) in [5.41, 5.74) is 13.3. The Morgan fingerprint density at radius 3 is 2.38 bits per heavy atom. The first-order valence-electron chi connectivity index (χ1n) is 11.0. The molecule has 0 unspecified atom stereocenters. The molecule has 5 aromatic rings. The van der Waals surface area contributed by atoms with Gasteiger partial charge in [-0.1, -0.05) is 78.4 Å². The van der Waals surface area contributed by atoms with Gasteiger partial charge in [0.2, 0.25) is 0 Å².